The van der Waals surface area contributed by atoms with Crippen molar-refractivity contribution in [2.75, 3.05) is 0 Å². The summed E-state index contributed by atoms with van der Waals surface area (Å²) < 4.78 is 0. The molecular weight excluding hydrogens is 367 g/mol. The maximum absolute atomic E-state index is 3.49. The Labute approximate surface area is 96.3 Å². The molecule has 0 saturated carbocycles. The first kappa shape index (κ1) is 34.6. The Kier molecular flexibility index (Phi) is 200. The van der Waals surface area contributed by atoms with Crippen LogP contribution < -0.4 is 50.9 Å². The molecule has 0 atom stereocenters. The van der Waals surface area contributed by atoms with E-state index in [1.54, 1.807) is 0 Å². The molecule has 0 bridgehead atoms. The van der Waals surface area contributed by atoms with E-state index in [-0.39, 0.29) is 77.1 Å². The van der Waals surface area contributed by atoms with Crippen LogP contribution in [0.4, 0.5) is 0 Å². The summed E-state index contributed by atoms with van der Waals surface area (Å²) in [5.41, 5.74) is 0. The van der Waals surface area contributed by atoms with Crippen molar-refractivity contribution in [3.8, 4) is 0 Å². The molecule has 0 amide bonds. The first-order valence-electron chi connectivity index (χ1n) is 1.21. The van der Waals surface area contributed by atoms with Gasteiger partial charge in [-0.1, -0.05) is 6.92 Å². The molecule has 0 aliphatic heterocycles. The van der Waals surface area contributed by atoms with E-state index in [0.29, 0.717) is 0 Å². The summed E-state index contributed by atoms with van der Waals surface area (Å²) in [6, 6.07) is 0. The maximum atomic E-state index is 3.49. The van der Waals surface area contributed by atoms with Gasteiger partial charge >= 0.3 is 26.2 Å². The van der Waals surface area contributed by atoms with Gasteiger partial charge in [0.25, 0.3) is 0 Å². The number of hydrogen-bond acceptors (Lipinski definition) is 0. The quantitative estimate of drug-likeness (QED) is 0.370. The van der Waals surface area contributed by atoms with Gasteiger partial charge in [0.15, 0.2) is 0 Å². The van der Waals surface area contributed by atoms with Crippen LogP contribution in [0.1, 0.15) is 13.3 Å². The van der Waals surface area contributed by atoms with E-state index in [4.69, 9.17) is 0 Å². The van der Waals surface area contributed by atoms with E-state index in [0.717, 1.165) is 6.42 Å². The van der Waals surface area contributed by atoms with Crippen LogP contribution in [-0.4, -0.2) is 0 Å². The zero-order valence-corrected chi connectivity index (χ0v) is 11.3. The molecule has 0 aliphatic rings. The second kappa shape index (κ2) is 40.4. The largest absolute Gasteiger partial charge is 4.00 e. The first-order chi connectivity index (χ1) is 1.41. The molecule has 0 N–H and O–H groups in total. The van der Waals surface area contributed by atoms with Gasteiger partial charge in [0, 0.05) is 0 Å². The molecule has 0 aromatic heterocycles. The summed E-state index contributed by atoms with van der Waals surface area (Å²) in [7, 11) is 0. The third kappa shape index (κ3) is 61.7. The molecule has 0 aromatic rings. The molecule has 4 heteroatoms. The third-order valence-corrected chi connectivity index (χ3v) is 0. The second-order valence-corrected chi connectivity index (χ2v) is 0.500. The van der Waals surface area contributed by atoms with Crippen LogP contribution >= 0.6 is 0 Å². The van der Waals surface area contributed by atoms with Crippen LogP contribution in [0.3, 0.4) is 0 Å². The van der Waals surface area contributed by atoms with Crippen molar-refractivity contribution in [3.05, 3.63) is 6.92 Å². The van der Waals surface area contributed by atoms with Gasteiger partial charge in [0.05, 0.1) is 0 Å². The smallest absolute Gasteiger partial charge is 1.00 e. The van der Waals surface area contributed by atoms with Gasteiger partial charge in [-0.05, 0) is 0 Å². The van der Waals surface area contributed by atoms with Gasteiger partial charge in [0.1, 0.15) is 0 Å². The average molecular weight is 374 g/mol. The van der Waals surface area contributed by atoms with E-state index in [2.05, 4.69) is 6.92 Å². The van der Waals surface area contributed by atoms with Crippen LogP contribution in [0.5, 0.6) is 0 Å². The average Bonchev–Trinajstić information content (AvgIpc) is 0.918. The van der Waals surface area contributed by atoms with Crippen molar-refractivity contribution in [3.63, 3.8) is 0 Å². The van der Waals surface area contributed by atoms with E-state index >= 15 is 0 Å². The van der Waals surface area contributed by atoms with Crippen molar-refractivity contribution in [2.45, 2.75) is 13.3 Å². The predicted octanol–water partition coefficient (Wildman–Crippen LogP) is -7.76. The fourth-order valence-corrected chi connectivity index (χ4v) is 0. The number of rotatable bonds is 0. The van der Waals surface area contributed by atoms with Crippen molar-refractivity contribution in [1.29, 1.82) is 0 Å². The number of hydrogen-bond donors (Lipinski definition) is 0. The Morgan fingerprint density at radius 2 is 1.14 bits per heavy atom. The van der Waals surface area contributed by atoms with Crippen LogP contribution in [0.2, 0.25) is 0 Å². The summed E-state index contributed by atoms with van der Waals surface area (Å²) in [5, 5.41) is 0. The Bertz CT molecular complexity index is 10.1. The van der Waals surface area contributed by atoms with Gasteiger partial charge in [0.2, 0.25) is 0 Å². The molecule has 0 aromatic carbocycles. The summed E-state index contributed by atoms with van der Waals surface area (Å²) in [4.78, 5) is 0. The molecule has 0 unspecified atom stereocenters. The molecule has 0 rings (SSSR count). The van der Waals surface area contributed by atoms with Crippen LogP contribution in [-0.2, 0) is 26.2 Å². The first-order valence-corrected chi connectivity index (χ1v) is 1.21. The Hall–Kier alpha value is 2.32. The van der Waals surface area contributed by atoms with Crippen molar-refractivity contribution >= 4 is 0 Å². The maximum Gasteiger partial charge on any atom is 4.00 e. The SMILES string of the molecule is [Br-].[Br-].[Br-].[CH2-]CC.[Zr+4]. The molecule has 0 radical (unpaired) electrons. The fourth-order valence-electron chi connectivity index (χ4n) is 0. The molecule has 0 aliphatic carbocycles. The van der Waals surface area contributed by atoms with E-state index < -0.39 is 0 Å². The van der Waals surface area contributed by atoms with E-state index in [1.807, 2.05) is 6.92 Å². The number of halogens is 3. The minimum absolute atomic E-state index is 0. The van der Waals surface area contributed by atoms with Crippen LogP contribution in [0.25, 0.3) is 0 Å². The van der Waals surface area contributed by atoms with Gasteiger partial charge in [-0.25, -0.2) is 0 Å². The topological polar surface area (TPSA) is 0 Å². The standard InChI is InChI=1S/C3H7.3BrH.Zr/c1-3-2;;;;/h1,3H2,2H3;3*1H;/q-1;;;;+4/p-3. The molecular formula is C3H7Br3Zr. The minimum Gasteiger partial charge on any atom is -1.00 e. The van der Waals surface area contributed by atoms with Crippen molar-refractivity contribution in [2.24, 2.45) is 0 Å². The molecule has 44 valence electrons. The summed E-state index contributed by atoms with van der Waals surface area (Å²) in [6.07, 6.45) is 1.00. The molecule has 0 saturated heterocycles. The molecule has 0 nitrogen and oxygen atoms in total. The normalized spacial score (nSPS) is 2.57. The fraction of sp³-hybridized carbons (Fsp3) is 0.667. The zero-order valence-electron chi connectivity index (χ0n) is 4.05. The summed E-state index contributed by atoms with van der Waals surface area (Å²) in [6.45, 7) is 5.50. The molecule has 0 heterocycles. The molecule has 7 heavy (non-hydrogen) atoms. The zero-order chi connectivity index (χ0) is 2.71. The van der Waals surface area contributed by atoms with Crippen LogP contribution in [0.15, 0.2) is 0 Å². The summed E-state index contributed by atoms with van der Waals surface area (Å²) >= 11 is 0. The second-order valence-electron chi connectivity index (χ2n) is 0.500. The molecule has 0 fully saturated rings. The summed E-state index contributed by atoms with van der Waals surface area (Å²) in [5.74, 6) is 0. The Morgan fingerprint density at radius 1 is 1.14 bits per heavy atom. The minimum atomic E-state index is 0. The van der Waals surface area contributed by atoms with Crippen molar-refractivity contribution in [1.82, 2.24) is 0 Å². The third-order valence-electron chi connectivity index (χ3n) is 0. The van der Waals surface area contributed by atoms with E-state index in [1.165, 1.54) is 0 Å². The van der Waals surface area contributed by atoms with Gasteiger partial charge in [-0.2, -0.15) is 6.42 Å². The van der Waals surface area contributed by atoms with E-state index in [9.17, 15) is 0 Å². The van der Waals surface area contributed by atoms with Gasteiger partial charge < -0.3 is 57.9 Å². The van der Waals surface area contributed by atoms with Crippen molar-refractivity contribution < 1.29 is 77.1 Å². The predicted molar refractivity (Wildman–Crippen MR) is 15.6 cm³/mol. The van der Waals surface area contributed by atoms with Crippen LogP contribution in [0, 0.1) is 6.92 Å². The monoisotopic (exact) mass is 370 g/mol. The Balaban J connectivity index is -0.00000000333. The van der Waals surface area contributed by atoms with Gasteiger partial charge in [-0.15, -0.1) is 0 Å². The Morgan fingerprint density at radius 3 is 1.14 bits per heavy atom. The van der Waals surface area contributed by atoms with Gasteiger partial charge in [-0.3, -0.25) is 0 Å². The molecule has 0 spiro atoms.